The highest BCUT2D eigenvalue weighted by atomic mass is 32.1. The molecule has 0 aliphatic heterocycles. The summed E-state index contributed by atoms with van der Waals surface area (Å²) < 4.78 is 2.03. The van der Waals surface area contributed by atoms with Gasteiger partial charge in [0.2, 0.25) is 0 Å². The van der Waals surface area contributed by atoms with Gasteiger partial charge in [0, 0.05) is 17.6 Å². The number of pyridine rings is 1. The molecule has 0 radical (unpaired) electrons. The van der Waals surface area contributed by atoms with Crippen molar-refractivity contribution in [1.29, 1.82) is 0 Å². The standard InChI is InChI=1S/C14H16N4S/c1-11(15-8-7-12-5-4-10-19-12)14-17-16-13-6-2-3-9-18(13)14/h2-6,9-11,15H,7-8H2,1H3/t11-/m1/s1. The largest absolute Gasteiger partial charge is 0.307 e. The van der Waals surface area contributed by atoms with Gasteiger partial charge < -0.3 is 5.32 Å². The summed E-state index contributed by atoms with van der Waals surface area (Å²) in [6.45, 7) is 3.07. The van der Waals surface area contributed by atoms with E-state index in [4.69, 9.17) is 0 Å². The monoisotopic (exact) mass is 272 g/mol. The molecule has 1 atom stereocenters. The predicted octanol–water partition coefficient (Wildman–Crippen LogP) is 2.68. The Balaban J connectivity index is 1.65. The summed E-state index contributed by atoms with van der Waals surface area (Å²) in [6.07, 6.45) is 3.06. The molecule has 0 bridgehead atoms. The molecule has 4 nitrogen and oxygen atoms in total. The van der Waals surface area contributed by atoms with Crippen LogP contribution >= 0.6 is 11.3 Å². The van der Waals surface area contributed by atoms with Gasteiger partial charge in [-0.3, -0.25) is 4.40 Å². The van der Waals surface area contributed by atoms with Crippen LogP contribution in [-0.4, -0.2) is 21.1 Å². The fourth-order valence-electron chi connectivity index (χ4n) is 2.11. The van der Waals surface area contributed by atoms with E-state index < -0.39 is 0 Å². The first kappa shape index (κ1) is 12.3. The Morgan fingerprint density at radius 1 is 1.26 bits per heavy atom. The van der Waals surface area contributed by atoms with Gasteiger partial charge in [-0.1, -0.05) is 12.1 Å². The smallest absolute Gasteiger partial charge is 0.160 e. The quantitative estimate of drug-likeness (QED) is 0.776. The van der Waals surface area contributed by atoms with Gasteiger partial charge in [-0.2, -0.15) is 0 Å². The number of thiophene rings is 1. The van der Waals surface area contributed by atoms with Gasteiger partial charge in [0.25, 0.3) is 0 Å². The molecule has 0 fully saturated rings. The van der Waals surface area contributed by atoms with E-state index in [0.29, 0.717) is 0 Å². The van der Waals surface area contributed by atoms with Crippen LogP contribution in [0.1, 0.15) is 23.7 Å². The Morgan fingerprint density at radius 3 is 3.05 bits per heavy atom. The third-order valence-electron chi connectivity index (χ3n) is 3.13. The van der Waals surface area contributed by atoms with Crippen molar-refractivity contribution < 1.29 is 0 Å². The van der Waals surface area contributed by atoms with Crippen LogP contribution in [0.5, 0.6) is 0 Å². The van der Waals surface area contributed by atoms with Crippen molar-refractivity contribution in [3.63, 3.8) is 0 Å². The lowest BCUT2D eigenvalue weighted by atomic mass is 10.3. The van der Waals surface area contributed by atoms with Crippen LogP contribution in [0.2, 0.25) is 0 Å². The average molecular weight is 272 g/mol. The van der Waals surface area contributed by atoms with Crippen molar-refractivity contribution in [2.24, 2.45) is 0 Å². The minimum absolute atomic E-state index is 0.192. The Labute approximate surface area is 116 Å². The molecule has 0 aliphatic carbocycles. The Hall–Kier alpha value is -1.72. The summed E-state index contributed by atoms with van der Waals surface area (Å²) in [5, 5.41) is 14.1. The van der Waals surface area contributed by atoms with Crippen molar-refractivity contribution in [2.75, 3.05) is 6.54 Å². The van der Waals surface area contributed by atoms with Crippen LogP contribution in [0.4, 0.5) is 0 Å². The molecule has 3 heterocycles. The van der Waals surface area contributed by atoms with Crippen LogP contribution in [0.25, 0.3) is 5.65 Å². The van der Waals surface area contributed by atoms with Gasteiger partial charge in [-0.05, 0) is 36.9 Å². The second-order valence-electron chi connectivity index (χ2n) is 4.49. The minimum atomic E-state index is 0.192. The molecule has 0 unspecified atom stereocenters. The van der Waals surface area contributed by atoms with Crippen molar-refractivity contribution in [2.45, 2.75) is 19.4 Å². The molecule has 5 heteroatoms. The molecule has 19 heavy (non-hydrogen) atoms. The third kappa shape index (κ3) is 2.67. The molecular weight excluding hydrogens is 256 g/mol. The summed E-state index contributed by atoms with van der Waals surface area (Å²) in [7, 11) is 0. The second-order valence-corrected chi connectivity index (χ2v) is 5.52. The number of hydrogen-bond donors (Lipinski definition) is 1. The molecular formula is C14H16N4S. The first-order valence-electron chi connectivity index (χ1n) is 6.40. The van der Waals surface area contributed by atoms with Crippen molar-refractivity contribution >= 4 is 17.0 Å². The Morgan fingerprint density at radius 2 is 2.21 bits per heavy atom. The molecule has 0 aromatic carbocycles. The molecule has 0 saturated carbocycles. The normalized spacial score (nSPS) is 12.9. The molecule has 1 N–H and O–H groups in total. The summed E-state index contributed by atoms with van der Waals surface area (Å²) in [5.41, 5.74) is 0.893. The Bertz CT molecular complexity index is 644. The number of fused-ring (bicyclic) bond motifs is 1. The first-order valence-corrected chi connectivity index (χ1v) is 7.28. The van der Waals surface area contributed by atoms with E-state index in [9.17, 15) is 0 Å². The Kier molecular flexibility index (Phi) is 3.57. The summed E-state index contributed by atoms with van der Waals surface area (Å²) in [5.74, 6) is 0.960. The van der Waals surface area contributed by atoms with Gasteiger partial charge in [-0.15, -0.1) is 21.5 Å². The molecule has 3 aromatic heterocycles. The molecule has 0 spiro atoms. The molecule has 0 saturated heterocycles. The summed E-state index contributed by atoms with van der Waals surface area (Å²) >= 11 is 1.80. The SMILES string of the molecule is C[C@@H](NCCc1cccs1)c1nnc2ccccn12. The zero-order valence-electron chi connectivity index (χ0n) is 10.8. The van der Waals surface area contributed by atoms with E-state index in [1.54, 1.807) is 11.3 Å². The second kappa shape index (κ2) is 5.50. The molecule has 0 amide bonds. The van der Waals surface area contributed by atoms with E-state index in [-0.39, 0.29) is 6.04 Å². The van der Waals surface area contributed by atoms with Gasteiger partial charge in [0.05, 0.1) is 6.04 Å². The van der Waals surface area contributed by atoms with Crippen molar-refractivity contribution in [3.05, 3.63) is 52.6 Å². The number of nitrogens with zero attached hydrogens (tertiary/aromatic N) is 3. The minimum Gasteiger partial charge on any atom is -0.307 e. The van der Waals surface area contributed by atoms with Crippen LogP contribution < -0.4 is 5.32 Å². The fraction of sp³-hybridized carbons (Fsp3) is 0.286. The molecule has 3 aromatic rings. The zero-order chi connectivity index (χ0) is 13.1. The highest BCUT2D eigenvalue weighted by Crippen LogP contribution is 2.12. The van der Waals surface area contributed by atoms with E-state index in [0.717, 1.165) is 24.4 Å². The summed E-state index contributed by atoms with van der Waals surface area (Å²) in [6, 6.07) is 10.4. The van der Waals surface area contributed by atoms with E-state index in [1.807, 2.05) is 28.8 Å². The zero-order valence-corrected chi connectivity index (χ0v) is 11.6. The topological polar surface area (TPSA) is 42.2 Å². The highest BCUT2D eigenvalue weighted by molar-refractivity contribution is 7.09. The van der Waals surface area contributed by atoms with Gasteiger partial charge >= 0.3 is 0 Å². The van der Waals surface area contributed by atoms with Crippen LogP contribution in [-0.2, 0) is 6.42 Å². The van der Waals surface area contributed by atoms with E-state index >= 15 is 0 Å². The van der Waals surface area contributed by atoms with Crippen molar-refractivity contribution in [3.8, 4) is 0 Å². The van der Waals surface area contributed by atoms with Gasteiger partial charge in [-0.25, -0.2) is 0 Å². The van der Waals surface area contributed by atoms with E-state index in [2.05, 4.69) is 40.0 Å². The van der Waals surface area contributed by atoms with Crippen LogP contribution in [0.15, 0.2) is 41.9 Å². The highest BCUT2D eigenvalue weighted by Gasteiger charge is 2.12. The van der Waals surface area contributed by atoms with Gasteiger partial charge in [0.15, 0.2) is 11.5 Å². The predicted molar refractivity (Wildman–Crippen MR) is 77.4 cm³/mol. The number of nitrogens with one attached hydrogen (secondary N) is 1. The molecule has 0 aliphatic rings. The maximum atomic E-state index is 4.26. The first-order chi connectivity index (χ1) is 9.34. The van der Waals surface area contributed by atoms with E-state index in [1.165, 1.54) is 4.88 Å². The maximum absolute atomic E-state index is 4.26. The third-order valence-corrected chi connectivity index (χ3v) is 4.07. The average Bonchev–Trinajstić information content (AvgIpc) is 3.07. The van der Waals surface area contributed by atoms with Gasteiger partial charge in [0.1, 0.15) is 0 Å². The summed E-state index contributed by atoms with van der Waals surface area (Å²) in [4.78, 5) is 1.41. The number of hydrogen-bond acceptors (Lipinski definition) is 4. The number of aromatic nitrogens is 3. The number of rotatable bonds is 5. The molecule has 3 rings (SSSR count). The lowest BCUT2D eigenvalue weighted by Crippen LogP contribution is -2.23. The molecule has 98 valence electrons. The van der Waals surface area contributed by atoms with Crippen LogP contribution in [0, 0.1) is 0 Å². The lowest BCUT2D eigenvalue weighted by molar-refractivity contribution is 0.546. The lowest BCUT2D eigenvalue weighted by Gasteiger charge is -2.11. The van der Waals surface area contributed by atoms with Crippen molar-refractivity contribution in [1.82, 2.24) is 19.9 Å². The fourth-order valence-corrected chi connectivity index (χ4v) is 2.82. The maximum Gasteiger partial charge on any atom is 0.160 e. The van der Waals surface area contributed by atoms with Crippen LogP contribution in [0.3, 0.4) is 0 Å².